The Balaban J connectivity index is 2.10. The van der Waals surface area contributed by atoms with Crippen molar-refractivity contribution < 1.29 is 19.4 Å². The molecule has 1 aliphatic heterocycles. The summed E-state index contributed by atoms with van der Waals surface area (Å²) < 4.78 is 10.9. The number of carbonyl (C=O) groups excluding carboxylic acids is 1. The molecule has 3 rings (SSSR count). The Morgan fingerprint density at radius 3 is 2.71 bits per heavy atom. The summed E-state index contributed by atoms with van der Waals surface area (Å²) in [6.45, 7) is 6.89. The lowest BCUT2D eigenvalue weighted by molar-refractivity contribution is -0.150. The largest absolute Gasteiger partial charge is 0.508 e. The molecule has 4 nitrogen and oxygen atoms in total. The highest BCUT2D eigenvalue weighted by Gasteiger charge is 2.59. The van der Waals surface area contributed by atoms with Crippen LogP contribution >= 0.6 is 0 Å². The third kappa shape index (κ3) is 1.89. The summed E-state index contributed by atoms with van der Waals surface area (Å²) in [6.07, 6.45) is 2.78. The monoisotopic (exact) mass is 290 g/mol. The fourth-order valence-electron chi connectivity index (χ4n) is 3.77. The molecule has 0 unspecified atom stereocenters. The standard InChI is InChI=1S/C17H22O4/c1-4-20-10-11-8-14-12(9-13(11)18)16(2)6-5-7-17(16,3)15(19)21-14/h8-9,18H,4-7,10H2,1-3H3/t16-,17-/m1/s1. The van der Waals surface area contributed by atoms with Crippen LogP contribution in [0.15, 0.2) is 12.1 Å². The number of carbonyl (C=O) groups is 1. The first-order valence-corrected chi connectivity index (χ1v) is 7.59. The Morgan fingerprint density at radius 1 is 1.29 bits per heavy atom. The van der Waals surface area contributed by atoms with E-state index in [-0.39, 0.29) is 17.1 Å². The van der Waals surface area contributed by atoms with Crippen molar-refractivity contribution in [3.8, 4) is 11.5 Å². The van der Waals surface area contributed by atoms with E-state index in [9.17, 15) is 9.90 Å². The maximum atomic E-state index is 12.5. The summed E-state index contributed by atoms with van der Waals surface area (Å²) in [6, 6.07) is 3.51. The lowest BCUT2D eigenvalue weighted by atomic mass is 9.62. The van der Waals surface area contributed by atoms with Crippen molar-refractivity contribution in [3.05, 3.63) is 23.3 Å². The topological polar surface area (TPSA) is 55.8 Å². The molecule has 0 radical (unpaired) electrons. The summed E-state index contributed by atoms with van der Waals surface area (Å²) in [5.74, 6) is 0.646. The molecule has 114 valence electrons. The van der Waals surface area contributed by atoms with E-state index in [2.05, 4.69) is 6.92 Å². The van der Waals surface area contributed by atoms with E-state index in [1.807, 2.05) is 13.8 Å². The Bertz CT molecular complexity index is 595. The van der Waals surface area contributed by atoms with Gasteiger partial charge in [-0.05, 0) is 38.8 Å². The van der Waals surface area contributed by atoms with Crippen LogP contribution in [-0.4, -0.2) is 17.7 Å². The number of phenolic OH excluding ortho intramolecular Hbond substituents is 1. The van der Waals surface area contributed by atoms with E-state index in [4.69, 9.17) is 9.47 Å². The summed E-state index contributed by atoms with van der Waals surface area (Å²) in [4.78, 5) is 12.5. The minimum Gasteiger partial charge on any atom is -0.508 e. The number of benzene rings is 1. The second-order valence-electron chi connectivity index (χ2n) is 6.52. The van der Waals surface area contributed by atoms with Gasteiger partial charge in [0, 0.05) is 23.1 Å². The van der Waals surface area contributed by atoms with E-state index in [1.165, 1.54) is 0 Å². The van der Waals surface area contributed by atoms with Crippen molar-refractivity contribution in [3.63, 3.8) is 0 Å². The third-order valence-electron chi connectivity index (χ3n) is 5.46. The van der Waals surface area contributed by atoms with E-state index >= 15 is 0 Å². The Hall–Kier alpha value is -1.55. The predicted molar refractivity (Wildman–Crippen MR) is 78.4 cm³/mol. The normalized spacial score (nSPS) is 30.7. The van der Waals surface area contributed by atoms with Gasteiger partial charge in [-0.15, -0.1) is 0 Å². The molecular formula is C17H22O4. The molecule has 1 aromatic carbocycles. The quantitative estimate of drug-likeness (QED) is 0.685. The van der Waals surface area contributed by atoms with Crippen LogP contribution in [0.3, 0.4) is 0 Å². The number of hydrogen-bond acceptors (Lipinski definition) is 4. The van der Waals surface area contributed by atoms with E-state index in [1.54, 1.807) is 12.1 Å². The van der Waals surface area contributed by atoms with Crippen LogP contribution in [0.4, 0.5) is 0 Å². The van der Waals surface area contributed by atoms with Crippen molar-refractivity contribution in [2.24, 2.45) is 5.41 Å². The summed E-state index contributed by atoms with van der Waals surface area (Å²) in [5, 5.41) is 10.3. The SMILES string of the molecule is CCOCc1cc2c(cc1O)[C@@]1(C)CCC[C@]1(C)C(=O)O2. The number of esters is 1. The van der Waals surface area contributed by atoms with Crippen LogP contribution in [0.25, 0.3) is 0 Å². The fourth-order valence-corrected chi connectivity index (χ4v) is 3.77. The summed E-state index contributed by atoms with van der Waals surface area (Å²) in [7, 11) is 0. The molecule has 0 bridgehead atoms. The molecule has 2 aliphatic rings. The number of hydrogen-bond donors (Lipinski definition) is 1. The first kappa shape index (κ1) is 14.4. The first-order valence-electron chi connectivity index (χ1n) is 7.59. The van der Waals surface area contributed by atoms with E-state index < -0.39 is 5.41 Å². The molecular weight excluding hydrogens is 268 g/mol. The number of aromatic hydroxyl groups is 1. The molecule has 1 heterocycles. The van der Waals surface area contributed by atoms with Gasteiger partial charge in [-0.25, -0.2) is 0 Å². The zero-order valence-corrected chi connectivity index (χ0v) is 12.9. The molecule has 0 aromatic heterocycles. The van der Waals surface area contributed by atoms with Gasteiger partial charge < -0.3 is 14.6 Å². The van der Waals surface area contributed by atoms with Gasteiger partial charge in [0.2, 0.25) is 0 Å². The third-order valence-corrected chi connectivity index (χ3v) is 5.46. The zero-order valence-electron chi connectivity index (χ0n) is 12.9. The van der Waals surface area contributed by atoms with Crippen LogP contribution < -0.4 is 4.74 Å². The van der Waals surface area contributed by atoms with Gasteiger partial charge in [0.05, 0.1) is 12.0 Å². The molecule has 0 saturated heterocycles. The average molecular weight is 290 g/mol. The molecule has 0 spiro atoms. The van der Waals surface area contributed by atoms with Crippen LogP contribution in [-0.2, 0) is 21.6 Å². The number of rotatable bonds is 3. The van der Waals surface area contributed by atoms with Crippen LogP contribution in [0.1, 0.15) is 51.2 Å². The second kappa shape index (κ2) is 4.73. The Morgan fingerprint density at radius 2 is 2.00 bits per heavy atom. The van der Waals surface area contributed by atoms with Crippen molar-refractivity contribution in [2.45, 2.75) is 52.1 Å². The predicted octanol–water partition coefficient (Wildman–Crippen LogP) is 3.30. The lowest BCUT2D eigenvalue weighted by Gasteiger charge is -2.44. The Kier molecular flexibility index (Phi) is 3.24. The lowest BCUT2D eigenvalue weighted by Crippen LogP contribution is -2.48. The fraction of sp³-hybridized carbons (Fsp3) is 0.588. The van der Waals surface area contributed by atoms with Crippen molar-refractivity contribution >= 4 is 5.97 Å². The van der Waals surface area contributed by atoms with Gasteiger partial charge in [-0.1, -0.05) is 13.3 Å². The summed E-state index contributed by atoms with van der Waals surface area (Å²) in [5.41, 5.74) is 0.848. The van der Waals surface area contributed by atoms with Crippen LogP contribution in [0.5, 0.6) is 11.5 Å². The number of phenols is 1. The van der Waals surface area contributed by atoms with Gasteiger partial charge >= 0.3 is 5.97 Å². The summed E-state index contributed by atoms with van der Waals surface area (Å²) >= 11 is 0. The van der Waals surface area contributed by atoms with Gasteiger partial charge in [0.15, 0.2) is 0 Å². The van der Waals surface area contributed by atoms with Crippen LogP contribution in [0.2, 0.25) is 0 Å². The molecule has 1 saturated carbocycles. The molecule has 1 N–H and O–H groups in total. The van der Waals surface area contributed by atoms with Gasteiger partial charge in [-0.2, -0.15) is 0 Å². The van der Waals surface area contributed by atoms with E-state index in [0.29, 0.717) is 24.5 Å². The van der Waals surface area contributed by atoms with Crippen LogP contribution in [0, 0.1) is 5.41 Å². The van der Waals surface area contributed by atoms with E-state index in [0.717, 1.165) is 24.8 Å². The molecule has 1 fully saturated rings. The van der Waals surface area contributed by atoms with Crippen molar-refractivity contribution in [2.75, 3.05) is 6.61 Å². The van der Waals surface area contributed by atoms with Gasteiger partial charge in [0.1, 0.15) is 11.5 Å². The molecule has 4 heteroatoms. The maximum Gasteiger partial charge on any atom is 0.318 e. The minimum absolute atomic E-state index is 0.150. The first-order chi connectivity index (χ1) is 9.92. The number of ether oxygens (including phenoxy) is 2. The highest BCUT2D eigenvalue weighted by molar-refractivity contribution is 5.85. The molecule has 0 amide bonds. The molecule has 2 atom stereocenters. The molecule has 1 aliphatic carbocycles. The molecule has 1 aromatic rings. The zero-order chi connectivity index (χ0) is 15.3. The number of fused-ring (bicyclic) bond motifs is 3. The van der Waals surface area contributed by atoms with Gasteiger partial charge in [-0.3, -0.25) is 4.79 Å². The van der Waals surface area contributed by atoms with Crippen molar-refractivity contribution in [1.82, 2.24) is 0 Å². The minimum atomic E-state index is -0.492. The Labute approximate surface area is 125 Å². The van der Waals surface area contributed by atoms with Gasteiger partial charge in [0.25, 0.3) is 0 Å². The van der Waals surface area contributed by atoms with Crippen molar-refractivity contribution in [1.29, 1.82) is 0 Å². The maximum absolute atomic E-state index is 12.5. The highest BCUT2D eigenvalue weighted by atomic mass is 16.5. The molecule has 21 heavy (non-hydrogen) atoms. The average Bonchev–Trinajstić information content (AvgIpc) is 2.77. The second-order valence-corrected chi connectivity index (χ2v) is 6.52. The smallest absolute Gasteiger partial charge is 0.318 e. The highest BCUT2D eigenvalue weighted by Crippen LogP contribution is 2.59.